The molecule has 0 bridgehead atoms. The lowest BCUT2D eigenvalue weighted by Crippen LogP contribution is -2.12. The number of nitrogens with zero attached hydrogens (tertiary/aromatic N) is 1. The molecule has 1 aromatic heterocycles. The van der Waals surface area contributed by atoms with Crippen molar-refractivity contribution in [2.75, 3.05) is 12.4 Å². The topological polar surface area (TPSA) is 60.3 Å². The van der Waals surface area contributed by atoms with Crippen molar-refractivity contribution in [3.8, 4) is 0 Å². The molecular formula is C17H14N2O3. The second-order valence-electron chi connectivity index (χ2n) is 4.75. The van der Waals surface area contributed by atoms with Crippen LogP contribution in [0.25, 0.3) is 10.9 Å². The van der Waals surface area contributed by atoms with Crippen LogP contribution in [-0.4, -0.2) is 23.7 Å². The van der Waals surface area contributed by atoms with Crippen molar-refractivity contribution in [1.82, 2.24) is 4.57 Å². The van der Waals surface area contributed by atoms with Crippen LogP contribution in [-0.2, 0) is 4.74 Å². The number of benzene rings is 2. The van der Waals surface area contributed by atoms with Gasteiger partial charge < -0.3 is 10.1 Å². The molecular weight excluding hydrogens is 280 g/mol. The Morgan fingerprint density at radius 2 is 1.82 bits per heavy atom. The maximum absolute atomic E-state index is 12.2. The third-order valence-electron chi connectivity index (χ3n) is 3.36. The minimum absolute atomic E-state index is 0.198. The summed E-state index contributed by atoms with van der Waals surface area (Å²) >= 11 is 0. The zero-order chi connectivity index (χ0) is 15.5. The third-order valence-corrected chi connectivity index (χ3v) is 3.36. The molecule has 2 aromatic carbocycles. The molecule has 1 amide bonds. The van der Waals surface area contributed by atoms with Crippen LogP contribution in [0, 0.1) is 0 Å². The normalized spacial score (nSPS) is 10.4. The van der Waals surface area contributed by atoms with Gasteiger partial charge in [-0.2, -0.15) is 0 Å². The number of anilines is 1. The molecule has 0 spiro atoms. The number of hydrogen-bond donors (Lipinski definition) is 1. The number of carbonyl (C=O) groups is 2. The molecule has 0 radical (unpaired) electrons. The first-order chi connectivity index (χ1) is 10.7. The molecule has 1 N–H and O–H groups in total. The molecule has 0 aliphatic heterocycles. The molecule has 0 atom stereocenters. The largest absolute Gasteiger partial charge is 0.452 e. The van der Waals surface area contributed by atoms with E-state index in [1.54, 1.807) is 42.6 Å². The van der Waals surface area contributed by atoms with Gasteiger partial charge in [0.15, 0.2) is 0 Å². The van der Waals surface area contributed by atoms with Gasteiger partial charge in [-0.3, -0.25) is 9.36 Å². The van der Waals surface area contributed by atoms with Crippen LogP contribution in [0.5, 0.6) is 0 Å². The van der Waals surface area contributed by atoms with Crippen molar-refractivity contribution in [1.29, 1.82) is 0 Å². The van der Waals surface area contributed by atoms with Gasteiger partial charge in [0.1, 0.15) is 0 Å². The fraction of sp³-hybridized carbons (Fsp3) is 0.0588. The van der Waals surface area contributed by atoms with E-state index in [9.17, 15) is 9.59 Å². The minimum atomic E-state index is -0.471. The number of ether oxygens (including phenoxy) is 1. The van der Waals surface area contributed by atoms with Crippen LogP contribution < -0.4 is 5.32 Å². The van der Waals surface area contributed by atoms with Crippen LogP contribution in [0.2, 0.25) is 0 Å². The average Bonchev–Trinajstić information content (AvgIpc) is 2.98. The predicted molar refractivity (Wildman–Crippen MR) is 84.1 cm³/mol. The maximum Gasteiger partial charge on any atom is 0.418 e. The van der Waals surface area contributed by atoms with Crippen molar-refractivity contribution in [2.24, 2.45) is 0 Å². The number of nitrogens with one attached hydrogen (secondary N) is 1. The van der Waals surface area contributed by atoms with Gasteiger partial charge in [-0.15, -0.1) is 0 Å². The molecule has 3 aromatic rings. The Morgan fingerprint density at radius 1 is 1.05 bits per heavy atom. The van der Waals surface area contributed by atoms with Crippen molar-refractivity contribution in [2.45, 2.75) is 0 Å². The van der Waals surface area contributed by atoms with Crippen molar-refractivity contribution in [3.05, 3.63) is 66.4 Å². The van der Waals surface area contributed by atoms with Crippen molar-refractivity contribution >= 4 is 28.6 Å². The summed E-state index contributed by atoms with van der Waals surface area (Å²) in [5, 5.41) is 3.71. The lowest BCUT2D eigenvalue weighted by atomic mass is 10.2. The predicted octanol–water partition coefficient (Wildman–Crippen LogP) is 3.51. The Bertz CT molecular complexity index is 837. The SMILES string of the molecule is COC(=O)n1ccc2ccc(NC(=O)c3ccccc3)cc21. The van der Waals surface area contributed by atoms with Gasteiger partial charge in [-0.1, -0.05) is 24.3 Å². The maximum atomic E-state index is 12.2. The summed E-state index contributed by atoms with van der Waals surface area (Å²) in [6.45, 7) is 0. The number of aromatic nitrogens is 1. The zero-order valence-corrected chi connectivity index (χ0v) is 11.9. The Hall–Kier alpha value is -3.08. The summed E-state index contributed by atoms with van der Waals surface area (Å²) in [5.74, 6) is -0.198. The van der Waals surface area contributed by atoms with Crippen LogP contribution in [0.1, 0.15) is 10.4 Å². The second-order valence-corrected chi connectivity index (χ2v) is 4.75. The van der Waals surface area contributed by atoms with Gasteiger partial charge in [0.05, 0.1) is 12.6 Å². The molecule has 0 saturated carbocycles. The first-order valence-electron chi connectivity index (χ1n) is 6.75. The van der Waals surface area contributed by atoms with E-state index in [1.165, 1.54) is 11.7 Å². The van der Waals surface area contributed by atoms with Crippen LogP contribution in [0.4, 0.5) is 10.5 Å². The summed E-state index contributed by atoms with van der Waals surface area (Å²) in [6.07, 6.45) is 1.17. The molecule has 0 aliphatic carbocycles. The summed E-state index contributed by atoms with van der Waals surface area (Å²) in [6, 6.07) is 16.1. The van der Waals surface area contributed by atoms with E-state index >= 15 is 0 Å². The van der Waals surface area contributed by atoms with E-state index in [2.05, 4.69) is 5.32 Å². The lowest BCUT2D eigenvalue weighted by Gasteiger charge is -2.07. The van der Waals surface area contributed by atoms with Gasteiger partial charge in [0.2, 0.25) is 0 Å². The number of carbonyl (C=O) groups excluding carboxylic acids is 2. The van der Waals surface area contributed by atoms with E-state index in [4.69, 9.17) is 4.74 Å². The molecule has 0 aliphatic rings. The second kappa shape index (κ2) is 5.73. The average molecular weight is 294 g/mol. The summed E-state index contributed by atoms with van der Waals surface area (Å²) in [7, 11) is 1.33. The van der Waals surface area contributed by atoms with E-state index < -0.39 is 6.09 Å². The fourth-order valence-corrected chi connectivity index (χ4v) is 2.26. The summed E-state index contributed by atoms with van der Waals surface area (Å²) in [4.78, 5) is 23.9. The molecule has 0 fully saturated rings. The Labute approximate surface area is 127 Å². The fourth-order valence-electron chi connectivity index (χ4n) is 2.26. The van der Waals surface area contributed by atoms with Gasteiger partial charge in [-0.25, -0.2) is 4.79 Å². The standard InChI is InChI=1S/C17H14N2O3/c1-22-17(21)19-10-9-12-7-8-14(11-15(12)19)18-16(20)13-5-3-2-4-6-13/h2-11H,1H3,(H,18,20). The number of amides is 1. The summed E-state index contributed by atoms with van der Waals surface area (Å²) < 4.78 is 6.13. The van der Waals surface area contributed by atoms with Gasteiger partial charge in [0, 0.05) is 22.8 Å². The van der Waals surface area contributed by atoms with Crippen molar-refractivity contribution < 1.29 is 14.3 Å². The van der Waals surface area contributed by atoms with Crippen LogP contribution in [0.3, 0.4) is 0 Å². The molecule has 0 saturated heterocycles. The highest BCUT2D eigenvalue weighted by Gasteiger charge is 2.10. The molecule has 5 heteroatoms. The highest BCUT2D eigenvalue weighted by Crippen LogP contribution is 2.21. The monoisotopic (exact) mass is 294 g/mol. The molecule has 110 valence electrons. The highest BCUT2D eigenvalue weighted by molar-refractivity contribution is 6.05. The molecule has 22 heavy (non-hydrogen) atoms. The number of rotatable bonds is 2. The first-order valence-corrected chi connectivity index (χ1v) is 6.75. The number of hydrogen-bond acceptors (Lipinski definition) is 3. The molecule has 0 unspecified atom stereocenters. The summed E-state index contributed by atoms with van der Waals surface area (Å²) in [5.41, 5.74) is 1.87. The van der Waals surface area contributed by atoms with Crippen LogP contribution in [0.15, 0.2) is 60.8 Å². The zero-order valence-electron chi connectivity index (χ0n) is 11.9. The van der Waals surface area contributed by atoms with Gasteiger partial charge in [-0.05, 0) is 30.3 Å². The highest BCUT2D eigenvalue weighted by atomic mass is 16.5. The van der Waals surface area contributed by atoms with Gasteiger partial charge >= 0.3 is 6.09 Å². The van der Waals surface area contributed by atoms with Crippen molar-refractivity contribution in [3.63, 3.8) is 0 Å². The Kier molecular flexibility index (Phi) is 3.62. The molecule has 1 heterocycles. The Morgan fingerprint density at radius 3 is 2.55 bits per heavy atom. The molecule has 3 rings (SSSR count). The Balaban J connectivity index is 1.92. The quantitative estimate of drug-likeness (QED) is 0.786. The van der Waals surface area contributed by atoms with E-state index in [0.717, 1.165) is 5.39 Å². The first kappa shape index (κ1) is 13.9. The number of fused-ring (bicyclic) bond motifs is 1. The number of methoxy groups -OCH3 is 1. The smallest absolute Gasteiger partial charge is 0.418 e. The van der Waals surface area contributed by atoms with Gasteiger partial charge in [0.25, 0.3) is 5.91 Å². The van der Waals surface area contributed by atoms with E-state index in [-0.39, 0.29) is 5.91 Å². The lowest BCUT2D eigenvalue weighted by molar-refractivity contribution is 0.102. The van der Waals surface area contributed by atoms with E-state index in [0.29, 0.717) is 16.8 Å². The molecule has 5 nitrogen and oxygen atoms in total. The van der Waals surface area contributed by atoms with Crippen LogP contribution >= 0.6 is 0 Å². The minimum Gasteiger partial charge on any atom is -0.452 e. The third kappa shape index (κ3) is 2.56. The van der Waals surface area contributed by atoms with E-state index in [1.807, 2.05) is 18.2 Å².